The Morgan fingerprint density at radius 3 is 2.71 bits per heavy atom. The van der Waals surface area contributed by atoms with Crippen molar-refractivity contribution in [2.24, 2.45) is 0 Å². The van der Waals surface area contributed by atoms with E-state index in [2.05, 4.69) is 10.3 Å². The molecule has 2 rings (SSSR count). The van der Waals surface area contributed by atoms with Crippen LogP contribution in [0.1, 0.15) is 33.1 Å². The van der Waals surface area contributed by atoms with E-state index < -0.39 is 15.6 Å². The Kier molecular flexibility index (Phi) is 4.85. The number of aliphatic hydroxyl groups is 1. The Morgan fingerprint density at radius 1 is 1.43 bits per heavy atom. The van der Waals surface area contributed by atoms with E-state index in [1.165, 1.54) is 10.5 Å². The number of aromatic nitrogens is 1. The lowest BCUT2D eigenvalue weighted by atomic mass is 9.95. The molecule has 1 saturated heterocycles. The number of pyridine rings is 1. The minimum absolute atomic E-state index is 0.0694. The van der Waals surface area contributed by atoms with Crippen molar-refractivity contribution in [3.8, 4) is 0 Å². The van der Waals surface area contributed by atoms with E-state index in [0.29, 0.717) is 38.2 Å². The summed E-state index contributed by atoms with van der Waals surface area (Å²) in [7, 11) is -3.62. The molecule has 0 atom stereocenters. The third-order valence-electron chi connectivity index (χ3n) is 3.72. The number of hydrogen-bond donors (Lipinski definition) is 2. The summed E-state index contributed by atoms with van der Waals surface area (Å²) >= 11 is 0. The van der Waals surface area contributed by atoms with E-state index in [9.17, 15) is 13.5 Å². The maximum absolute atomic E-state index is 12.7. The van der Waals surface area contributed by atoms with Crippen LogP contribution in [0.15, 0.2) is 23.4 Å². The van der Waals surface area contributed by atoms with Crippen LogP contribution in [0.5, 0.6) is 0 Å². The zero-order valence-electron chi connectivity index (χ0n) is 12.5. The highest BCUT2D eigenvalue weighted by Crippen LogP contribution is 2.28. The molecule has 2 N–H and O–H groups in total. The van der Waals surface area contributed by atoms with Crippen LogP contribution in [0, 0.1) is 0 Å². The zero-order valence-corrected chi connectivity index (χ0v) is 13.4. The smallest absolute Gasteiger partial charge is 0.262 e. The van der Waals surface area contributed by atoms with Crippen LogP contribution in [0.25, 0.3) is 0 Å². The molecule has 0 aliphatic carbocycles. The van der Waals surface area contributed by atoms with Gasteiger partial charge in [-0.05, 0) is 38.3 Å². The van der Waals surface area contributed by atoms with E-state index in [4.69, 9.17) is 0 Å². The van der Waals surface area contributed by atoms with Gasteiger partial charge in [0.05, 0.1) is 11.3 Å². The van der Waals surface area contributed by atoms with Crippen LogP contribution >= 0.6 is 0 Å². The summed E-state index contributed by atoms with van der Waals surface area (Å²) < 4.78 is 26.9. The second kappa shape index (κ2) is 6.29. The molecular formula is C14H23N3O3S. The number of anilines is 1. The average molecular weight is 313 g/mol. The molecule has 0 spiro atoms. The minimum Gasteiger partial charge on any atom is -0.390 e. The first-order chi connectivity index (χ1) is 9.87. The second-order valence-corrected chi connectivity index (χ2v) is 7.54. The van der Waals surface area contributed by atoms with Gasteiger partial charge >= 0.3 is 0 Å². The van der Waals surface area contributed by atoms with Crippen molar-refractivity contribution >= 4 is 15.7 Å². The molecule has 1 aromatic rings. The lowest BCUT2D eigenvalue weighted by Crippen LogP contribution is -2.45. The highest BCUT2D eigenvalue weighted by atomic mass is 32.2. The number of piperidine rings is 1. The van der Waals surface area contributed by atoms with E-state index in [0.717, 1.165) is 6.42 Å². The molecule has 21 heavy (non-hydrogen) atoms. The summed E-state index contributed by atoms with van der Waals surface area (Å²) in [6.07, 6.45) is 3.28. The average Bonchev–Trinajstić information content (AvgIpc) is 2.45. The normalized spacial score (nSPS) is 19.4. The van der Waals surface area contributed by atoms with Crippen LogP contribution in [-0.2, 0) is 10.0 Å². The predicted molar refractivity (Wildman–Crippen MR) is 81.6 cm³/mol. The third-order valence-corrected chi connectivity index (χ3v) is 5.58. The molecule has 1 aromatic heterocycles. The summed E-state index contributed by atoms with van der Waals surface area (Å²) in [6, 6.07) is 3.45. The Balaban J connectivity index is 2.24. The fourth-order valence-corrected chi connectivity index (χ4v) is 3.84. The van der Waals surface area contributed by atoms with Crippen LogP contribution in [0.3, 0.4) is 0 Å². The number of hydrogen-bond acceptors (Lipinski definition) is 5. The first-order valence-corrected chi connectivity index (χ1v) is 8.72. The highest BCUT2D eigenvalue weighted by Gasteiger charge is 2.35. The first kappa shape index (κ1) is 16.2. The van der Waals surface area contributed by atoms with Gasteiger partial charge in [-0.15, -0.1) is 0 Å². The fourth-order valence-electron chi connectivity index (χ4n) is 2.32. The Bertz CT molecular complexity index is 577. The molecule has 0 saturated carbocycles. The molecule has 0 unspecified atom stereocenters. The van der Waals surface area contributed by atoms with Gasteiger partial charge < -0.3 is 10.4 Å². The second-order valence-electron chi connectivity index (χ2n) is 5.68. The van der Waals surface area contributed by atoms with Crippen molar-refractivity contribution in [2.75, 3.05) is 25.0 Å². The molecule has 0 bridgehead atoms. The predicted octanol–water partition coefficient (Wildman–Crippen LogP) is 1.44. The van der Waals surface area contributed by atoms with Gasteiger partial charge in [0.2, 0.25) is 0 Å². The summed E-state index contributed by atoms with van der Waals surface area (Å²) in [5.74, 6) is 0. The summed E-state index contributed by atoms with van der Waals surface area (Å²) in [4.78, 5) is 4.06. The Labute approximate surface area is 126 Å². The van der Waals surface area contributed by atoms with Crippen molar-refractivity contribution < 1.29 is 13.5 Å². The van der Waals surface area contributed by atoms with Gasteiger partial charge in [-0.1, -0.05) is 6.92 Å². The molecule has 2 heterocycles. The van der Waals surface area contributed by atoms with E-state index >= 15 is 0 Å². The molecule has 6 nitrogen and oxygen atoms in total. The lowest BCUT2D eigenvalue weighted by molar-refractivity contribution is 0.0125. The number of sulfonamides is 1. The molecule has 0 amide bonds. The van der Waals surface area contributed by atoms with Crippen molar-refractivity contribution in [3.63, 3.8) is 0 Å². The molecule has 1 fully saturated rings. The number of nitrogens with zero attached hydrogens (tertiary/aromatic N) is 2. The SMILES string of the molecule is CCCNc1cccnc1S(=O)(=O)N1CCC(C)(O)CC1. The van der Waals surface area contributed by atoms with Crippen LogP contribution in [0.2, 0.25) is 0 Å². The van der Waals surface area contributed by atoms with E-state index in [1.54, 1.807) is 19.1 Å². The summed E-state index contributed by atoms with van der Waals surface area (Å²) in [5, 5.41) is 13.1. The van der Waals surface area contributed by atoms with Crippen LogP contribution in [0.4, 0.5) is 5.69 Å². The first-order valence-electron chi connectivity index (χ1n) is 7.28. The molecule has 118 valence electrons. The molecule has 7 heteroatoms. The quantitative estimate of drug-likeness (QED) is 0.859. The Morgan fingerprint density at radius 2 is 2.10 bits per heavy atom. The van der Waals surface area contributed by atoms with Gasteiger partial charge in [-0.3, -0.25) is 0 Å². The van der Waals surface area contributed by atoms with Crippen molar-refractivity contribution in [1.82, 2.24) is 9.29 Å². The fraction of sp³-hybridized carbons (Fsp3) is 0.643. The van der Waals surface area contributed by atoms with Gasteiger partial charge in [0.15, 0.2) is 5.03 Å². The number of nitrogens with one attached hydrogen (secondary N) is 1. The van der Waals surface area contributed by atoms with Gasteiger partial charge in [0.25, 0.3) is 10.0 Å². The summed E-state index contributed by atoms with van der Waals surface area (Å²) in [6.45, 7) is 5.09. The topological polar surface area (TPSA) is 82.5 Å². The lowest BCUT2D eigenvalue weighted by Gasteiger charge is -2.34. The monoisotopic (exact) mass is 313 g/mol. The number of rotatable bonds is 5. The van der Waals surface area contributed by atoms with Gasteiger partial charge in [0, 0.05) is 25.8 Å². The van der Waals surface area contributed by atoms with Gasteiger partial charge in [-0.2, -0.15) is 4.31 Å². The maximum Gasteiger partial charge on any atom is 0.262 e. The van der Waals surface area contributed by atoms with Crippen molar-refractivity contribution in [1.29, 1.82) is 0 Å². The van der Waals surface area contributed by atoms with Crippen LogP contribution < -0.4 is 5.32 Å². The molecule has 1 aliphatic heterocycles. The summed E-state index contributed by atoms with van der Waals surface area (Å²) in [5.41, 5.74) is -0.240. The molecular weight excluding hydrogens is 290 g/mol. The molecule has 1 aliphatic rings. The minimum atomic E-state index is -3.62. The van der Waals surface area contributed by atoms with E-state index in [-0.39, 0.29) is 5.03 Å². The molecule has 0 radical (unpaired) electrons. The Hall–Kier alpha value is -1.18. The zero-order chi connectivity index (χ0) is 15.5. The highest BCUT2D eigenvalue weighted by molar-refractivity contribution is 7.89. The van der Waals surface area contributed by atoms with Crippen molar-refractivity contribution in [2.45, 2.75) is 43.7 Å². The van der Waals surface area contributed by atoms with Crippen molar-refractivity contribution in [3.05, 3.63) is 18.3 Å². The van der Waals surface area contributed by atoms with Gasteiger partial charge in [-0.25, -0.2) is 13.4 Å². The maximum atomic E-state index is 12.7. The largest absolute Gasteiger partial charge is 0.390 e. The standard InChI is InChI=1S/C14H23N3O3S/c1-3-8-15-12-5-4-9-16-13(12)21(19,20)17-10-6-14(2,18)7-11-17/h4-5,9,15,18H,3,6-8,10-11H2,1-2H3. The van der Waals surface area contributed by atoms with Crippen LogP contribution in [-0.4, -0.2) is 48.0 Å². The van der Waals surface area contributed by atoms with E-state index in [1.807, 2.05) is 6.92 Å². The third kappa shape index (κ3) is 3.72. The van der Waals surface area contributed by atoms with Gasteiger partial charge in [0.1, 0.15) is 0 Å². The molecule has 0 aromatic carbocycles.